The standard InChI is InChI=1S/C25H33N5O4S/c1-25(2,3)34-24(32)30(4)16-6-8-17(9-7-16)33-22-20-19-14(11-15(12-26)21(27)31)5-10-18(19)35-23(20)29-13-28-22/h13-17H,5-11H2,1-4H3,(H2,27,31)/t14-,15-,16-,17-/m1/s1. The van der Waals surface area contributed by atoms with Crippen LogP contribution in [0.4, 0.5) is 4.79 Å². The predicted octanol–water partition coefficient (Wildman–Crippen LogP) is 4.29. The Morgan fingerprint density at radius 1 is 1.26 bits per heavy atom. The number of amides is 2. The Morgan fingerprint density at radius 2 is 1.97 bits per heavy atom. The van der Waals surface area contributed by atoms with E-state index in [0.717, 1.165) is 54.3 Å². The van der Waals surface area contributed by atoms with Gasteiger partial charge in [0.25, 0.3) is 0 Å². The summed E-state index contributed by atoms with van der Waals surface area (Å²) in [5, 5.41) is 10.3. The first-order chi connectivity index (χ1) is 16.6. The largest absolute Gasteiger partial charge is 0.474 e. The van der Waals surface area contributed by atoms with Crippen LogP contribution < -0.4 is 10.5 Å². The summed E-state index contributed by atoms with van der Waals surface area (Å²) in [6, 6.07) is 2.16. The fourth-order valence-electron chi connectivity index (χ4n) is 5.07. The molecule has 1 saturated carbocycles. The Bertz CT molecular complexity index is 1140. The molecule has 2 aromatic rings. The Kier molecular flexibility index (Phi) is 7.17. The van der Waals surface area contributed by atoms with Crippen molar-refractivity contribution in [3.63, 3.8) is 0 Å². The first kappa shape index (κ1) is 25.2. The molecule has 0 saturated heterocycles. The molecular weight excluding hydrogens is 466 g/mol. The van der Waals surface area contributed by atoms with Crippen molar-refractivity contribution in [3.05, 3.63) is 16.8 Å². The van der Waals surface area contributed by atoms with E-state index in [1.807, 2.05) is 26.8 Å². The van der Waals surface area contributed by atoms with Crippen LogP contribution >= 0.6 is 11.3 Å². The number of ether oxygens (including phenoxy) is 2. The van der Waals surface area contributed by atoms with E-state index in [4.69, 9.17) is 15.2 Å². The highest BCUT2D eigenvalue weighted by atomic mass is 32.1. The predicted molar refractivity (Wildman–Crippen MR) is 132 cm³/mol. The van der Waals surface area contributed by atoms with Gasteiger partial charge in [-0.25, -0.2) is 14.8 Å². The molecule has 9 nitrogen and oxygen atoms in total. The van der Waals surface area contributed by atoms with Crippen LogP contribution in [-0.2, 0) is 16.0 Å². The fraction of sp³-hybridized carbons (Fsp3) is 0.640. The second kappa shape index (κ2) is 9.97. The van der Waals surface area contributed by atoms with Crippen LogP contribution in [0.5, 0.6) is 5.88 Å². The van der Waals surface area contributed by atoms with Crippen LogP contribution in [0.25, 0.3) is 10.2 Å². The van der Waals surface area contributed by atoms with E-state index in [-0.39, 0.29) is 24.2 Å². The molecule has 2 atom stereocenters. The normalized spacial score (nSPS) is 22.8. The van der Waals surface area contributed by atoms with E-state index in [9.17, 15) is 14.9 Å². The van der Waals surface area contributed by atoms with Gasteiger partial charge in [0.2, 0.25) is 11.8 Å². The van der Waals surface area contributed by atoms with Crippen LogP contribution in [0.2, 0.25) is 0 Å². The van der Waals surface area contributed by atoms with Crippen molar-refractivity contribution in [1.29, 1.82) is 5.26 Å². The lowest BCUT2D eigenvalue weighted by atomic mass is 9.90. The quantitative estimate of drug-likeness (QED) is 0.627. The van der Waals surface area contributed by atoms with Crippen LogP contribution in [0.15, 0.2) is 6.33 Å². The SMILES string of the molecule is CN(C(=O)OC(C)(C)C)[C@H]1CC[C@H](Oc2ncnc3sc4c(c23)[C@@H](C[C@H](C#N)C(N)=O)CC4)CC1. The van der Waals surface area contributed by atoms with E-state index in [1.165, 1.54) is 11.2 Å². The van der Waals surface area contributed by atoms with Crippen LogP contribution in [0.1, 0.15) is 75.7 Å². The summed E-state index contributed by atoms with van der Waals surface area (Å²) < 4.78 is 11.9. The van der Waals surface area contributed by atoms with E-state index in [1.54, 1.807) is 23.3 Å². The molecule has 2 heterocycles. The lowest BCUT2D eigenvalue weighted by molar-refractivity contribution is -0.120. The third-order valence-corrected chi connectivity index (χ3v) is 8.04. The number of hydrogen-bond donors (Lipinski definition) is 1. The van der Waals surface area contributed by atoms with Gasteiger partial charge in [0, 0.05) is 18.0 Å². The maximum absolute atomic E-state index is 12.4. The number of nitriles is 1. The molecule has 10 heteroatoms. The number of hydrogen-bond acceptors (Lipinski definition) is 8. The monoisotopic (exact) mass is 499 g/mol. The number of nitrogens with two attached hydrogens (primary N) is 1. The minimum atomic E-state index is -0.813. The molecular formula is C25H33N5O4S. The first-order valence-corrected chi connectivity index (χ1v) is 13.0. The minimum Gasteiger partial charge on any atom is -0.474 e. The number of aromatic nitrogens is 2. The zero-order valence-corrected chi connectivity index (χ0v) is 21.6. The summed E-state index contributed by atoms with van der Waals surface area (Å²) in [6.45, 7) is 5.60. The summed E-state index contributed by atoms with van der Waals surface area (Å²) in [6.07, 6.45) is 6.63. The van der Waals surface area contributed by atoms with Crippen molar-refractivity contribution in [1.82, 2.24) is 14.9 Å². The number of carbonyl (C=O) groups excluding carboxylic acids is 2. The summed E-state index contributed by atoms with van der Waals surface area (Å²) in [5.74, 6) is -0.771. The van der Waals surface area contributed by atoms with Gasteiger partial charge in [-0.2, -0.15) is 5.26 Å². The number of carbonyl (C=O) groups is 2. The average molecular weight is 500 g/mol. The molecule has 0 aliphatic heterocycles. The summed E-state index contributed by atoms with van der Waals surface area (Å²) in [7, 11) is 1.79. The molecule has 1 fully saturated rings. The van der Waals surface area contributed by atoms with Crippen molar-refractivity contribution in [3.8, 4) is 11.9 Å². The molecule has 2 aliphatic carbocycles. The highest BCUT2D eigenvalue weighted by Crippen LogP contribution is 2.48. The van der Waals surface area contributed by atoms with E-state index >= 15 is 0 Å². The lowest BCUT2D eigenvalue weighted by Crippen LogP contribution is -2.43. The molecule has 0 spiro atoms. The molecule has 2 aliphatic rings. The zero-order valence-electron chi connectivity index (χ0n) is 20.7. The van der Waals surface area contributed by atoms with Crippen molar-refractivity contribution < 1.29 is 19.1 Å². The lowest BCUT2D eigenvalue weighted by Gasteiger charge is -2.35. The van der Waals surface area contributed by atoms with Gasteiger partial charge in [0.1, 0.15) is 28.8 Å². The maximum atomic E-state index is 12.4. The fourth-order valence-corrected chi connectivity index (χ4v) is 6.30. The molecule has 2 aromatic heterocycles. The Hall–Kier alpha value is -2.93. The molecule has 0 unspecified atom stereocenters. The summed E-state index contributed by atoms with van der Waals surface area (Å²) >= 11 is 1.63. The topological polar surface area (TPSA) is 131 Å². The minimum absolute atomic E-state index is 0.00994. The van der Waals surface area contributed by atoms with Crippen molar-refractivity contribution in [2.45, 2.75) is 89.4 Å². The van der Waals surface area contributed by atoms with Gasteiger partial charge < -0.3 is 20.1 Å². The molecule has 35 heavy (non-hydrogen) atoms. The molecule has 2 N–H and O–H groups in total. The van der Waals surface area contributed by atoms with Crippen LogP contribution in [0.3, 0.4) is 0 Å². The molecule has 188 valence electrons. The number of nitrogens with zero attached hydrogens (tertiary/aromatic N) is 4. The highest BCUT2D eigenvalue weighted by Gasteiger charge is 2.34. The van der Waals surface area contributed by atoms with Crippen LogP contribution in [0, 0.1) is 17.2 Å². The van der Waals surface area contributed by atoms with Gasteiger partial charge in [-0.15, -0.1) is 11.3 Å². The first-order valence-electron chi connectivity index (χ1n) is 12.1. The number of aryl methyl sites for hydroxylation is 1. The molecule has 0 bridgehead atoms. The van der Waals surface area contributed by atoms with E-state index in [2.05, 4.69) is 9.97 Å². The molecule has 2 amide bonds. The second-order valence-corrected chi connectivity index (χ2v) is 11.6. The van der Waals surface area contributed by atoms with Crippen molar-refractivity contribution in [2.24, 2.45) is 11.7 Å². The highest BCUT2D eigenvalue weighted by molar-refractivity contribution is 7.19. The third kappa shape index (κ3) is 5.50. The second-order valence-electron chi connectivity index (χ2n) is 10.5. The van der Waals surface area contributed by atoms with Gasteiger partial charge in [-0.05, 0) is 77.2 Å². The number of thiophene rings is 1. The van der Waals surface area contributed by atoms with Gasteiger partial charge >= 0.3 is 6.09 Å². The molecule has 0 aromatic carbocycles. The number of fused-ring (bicyclic) bond motifs is 3. The molecule has 4 rings (SSSR count). The Labute approximate surface area is 209 Å². The number of rotatable bonds is 6. The van der Waals surface area contributed by atoms with Gasteiger partial charge in [-0.1, -0.05) is 0 Å². The Balaban J connectivity index is 1.46. The zero-order chi connectivity index (χ0) is 25.3. The average Bonchev–Trinajstić information content (AvgIpc) is 3.35. The van der Waals surface area contributed by atoms with Gasteiger partial charge in [-0.3, -0.25) is 4.79 Å². The Morgan fingerprint density at radius 3 is 2.60 bits per heavy atom. The van der Waals surface area contributed by atoms with Gasteiger partial charge in [0.15, 0.2) is 0 Å². The smallest absolute Gasteiger partial charge is 0.410 e. The summed E-state index contributed by atoms with van der Waals surface area (Å²) in [4.78, 5) is 36.8. The van der Waals surface area contributed by atoms with Gasteiger partial charge in [0.05, 0.1) is 11.5 Å². The van der Waals surface area contributed by atoms with E-state index < -0.39 is 17.4 Å². The van der Waals surface area contributed by atoms with Crippen molar-refractivity contribution >= 4 is 33.6 Å². The van der Waals surface area contributed by atoms with E-state index in [0.29, 0.717) is 12.3 Å². The summed E-state index contributed by atoms with van der Waals surface area (Å²) in [5.41, 5.74) is 6.02. The van der Waals surface area contributed by atoms with Crippen LogP contribution in [-0.4, -0.2) is 51.7 Å². The maximum Gasteiger partial charge on any atom is 0.410 e. The van der Waals surface area contributed by atoms with Crippen molar-refractivity contribution in [2.75, 3.05) is 7.05 Å². The molecule has 0 radical (unpaired) electrons. The number of primary amides is 1. The third-order valence-electron chi connectivity index (χ3n) is 6.87.